The largest absolute Gasteiger partial charge is 0.488 e. The Bertz CT molecular complexity index is 325. The van der Waals surface area contributed by atoms with Crippen molar-refractivity contribution < 1.29 is 4.74 Å². The van der Waals surface area contributed by atoms with Gasteiger partial charge in [0.15, 0.2) is 0 Å². The number of ether oxygens (including phenoxy) is 1. The van der Waals surface area contributed by atoms with Gasteiger partial charge in [-0.3, -0.25) is 0 Å². The van der Waals surface area contributed by atoms with Gasteiger partial charge >= 0.3 is 0 Å². The Labute approximate surface area is 94.3 Å². The first-order valence-corrected chi connectivity index (χ1v) is 5.09. The molecule has 0 heterocycles. The van der Waals surface area contributed by atoms with E-state index in [1.165, 1.54) is 16.7 Å². The van der Waals surface area contributed by atoms with Gasteiger partial charge in [-0.25, -0.2) is 0 Å². The molecule has 0 aliphatic rings. The third-order valence-electron chi connectivity index (χ3n) is 1.69. The Morgan fingerprint density at radius 3 is 2.36 bits per heavy atom. The van der Waals surface area contributed by atoms with Crippen LogP contribution in [-0.2, 0) is 0 Å². The lowest BCUT2D eigenvalue weighted by Gasteiger charge is -2.06. The molecule has 1 aromatic carbocycles. The topological polar surface area (TPSA) is 9.23 Å². The van der Waals surface area contributed by atoms with Crippen LogP contribution in [0.4, 0.5) is 0 Å². The molecule has 14 heavy (non-hydrogen) atoms. The molecule has 0 bridgehead atoms. The van der Waals surface area contributed by atoms with Gasteiger partial charge in [0, 0.05) is 5.54 Å². The van der Waals surface area contributed by atoms with Gasteiger partial charge in [-0.15, -0.1) is 0 Å². The summed E-state index contributed by atoms with van der Waals surface area (Å²) in [5, 5.41) is 0.492. The lowest BCUT2D eigenvalue weighted by molar-refractivity contribution is 0.359. The van der Waals surface area contributed by atoms with Crippen LogP contribution < -0.4 is 4.74 Å². The minimum Gasteiger partial charge on any atom is -0.488 e. The first-order valence-electron chi connectivity index (χ1n) is 4.27. The fourth-order valence-electron chi connectivity index (χ4n) is 1.20. The number of benzene rings is 1. The van der Waals surface area contributed by atoms with E-state index in [4.69, 9.17) is 27.9 Å². The molecule has 0 spiro atoms. The summed E-state index contributed by atoms with van der Waals surface area (Å²) >= 11 is 11.1. The smallest absolute Gasteiger partial charge is 0.125 e. The third-order valence-corrected chi connectivity index (χ3v) is 2.28. The van der Waals surface area contributed by atoms with Gasteiger partial charge in [-0.2, -0.15) is 0 Å². The van der Waals surface area contributed by atoms with Gasteiger partial charge in [0.05, 0.1) is 5.03 Å². The fraction of sp³-hybridized carbons (Fsp3) is 0.273. The molecule has 0 N–H and O–H groups in total. The van der Waals surface area contributed by atoms with Crippen LogP contribution in [0.1, 0.15) is 11.1 Å². The molecule has 0 radical (unpaired) electrons. The van der Waals surface area contributed by atoms with E-state index in [2.05, 4.69) is 6.07 Å². The summed E-state index contributed by atoms with van der Waals surface area (Å²) in [6, 6.07) is 6.02. The SMILES string of the molecule is Cc1cc(C)cc(OCC(Cl)=CCl)c1. The Kier molecular flexibility index (Phi) is 4.30. The van der Waals surface area contributed by atoms with Crippen LogP contribution in [0, 0.1) is 13.8 Å². The Balaban J connectivity index is 2.67. The van der Waals surface area contributed by atoms with E-state index in [9.17, 15) is 0 Å². The summed E-state index contributed by atoms with van der Waals surface area (Å²) < 4.78 is 5.44. The van der Waals surface area contributed by atoms with Gasteiger partial charge in [0.1, 0.15) is 12.4 Å². The number of aryl methyl sites for hydroxylation is 2. The van der Waals surface area contributed by atoms with E-state index in [1.54, 1.807) is 0 Å². The zero-order chi connectivity index (χ0) is 10.6. The van der Waals surface area contributed by atoms with Gasteiger partial charge in [-0.1, -0.05) is 29.3 Å². The van der Waals surface area contributed by atoms with E-state index >= 15 is 0 Å². The van der Waals surface area contributed by atoms with E-state index < -0.39 is 0 Å². The quantitative estimate of drug-likeness (QED) is 0.763. The molecule has 0 saturated carbocycles. The van der Waals surface area contributed by atoms with Crippen LogP contribution >= 0.6 is 23.2 Å². The molecular formula is C11H12Cl2O. The molecular weight excluding hydrogens is 219 g/mol. The Morgan fingerprint density at radius 1 is 1.29 bits per heavy atom. The third kappa shape index (κ3) is 3.60. The summed E-state index contributed by atoms with van der Waals surface area (Å²) in [6.45, 7) is 4.37. The van der Waals surface area contributed by atoms with Crippen molar-refractivity contribution in [3.05, 3.63) is 39.9 Å². The summed E-state index contributed by atoms with van der Waals surface area (Å²) in [7, 11) is 0. The first kappa shape index (κ1) is 11.4. The minimum atomic E-state index is 0.313. The molecule has 0 aliphatic carbocycles. The maximum absolute atomic E-state index is 5.70. The van der Waals surface area contributed by atoms with Crippen molar-refractivity contribution >= 4 is 23.2 Å². The van der Waals surface area contributed by atoms with Crippen molar-refractivity contribution in [3.63, 3.8) is 0 Å². The molecule has 0 aliphatic heterocycles. The average Bonchev–Trinajstić information content (AvgIpc) is 2.12. The van der Waals surface area contributed by atoms with Crippen LogP contribution in [0.15, 0.2) is 28.8 Å². The molecule has 0 saturated heterocycles. The molecule has 0 aromatic heterocycles. The molecule has 3 heteroatoms. The van der Waals surface area contributed by atoms with Crippen molar-refractivity contribution in [2.75, 3.05) is 6.61 Å². The van der Waals surface area contributed by atoms with Crippen molar-refractivity contribution in [1.82, 2.24) is 0 Å². The molecule has 1 rings (SSSR count). The second kappa shape index (κ2) is 5.28. The summed E-state index contributed by atoms with van der Waals surface area (Å²) in [5.74, 6) is 0.819. The van der Waals surface area contributed by atoms with Crippen molar-refractivity contribution in [2.45, 2.75) is 13.8 Å². The van der Waals surface area contributed by atoms with Gasteiger partial charge < -0.3 is 4.74 Å². The van der Waals surface area contributed by atoms with Crippen LogP contribution in [0.3, 0.4) is 0 Å². The molecule has 0 amide bonds. The number of hydrogen-bond donors (Lipinski definition) is 0. The second-order valence-corrected chi connectivity index (χ2v) is 3.87. The molecule has 1 aromatic rings. The lowest BCUT2D eigenvalue weighted by Crippen LogP contribution is -1.97. The predicted octanol–water partition coefficient (Wildman–Crippen LogP) is 4.00. The standard InChI is InChI=1S/C11H12Cl2O/c1-8-3-9(2)5-11(4-8)14-7-10(13)6-12/h3-6H,7H2,1-2H3. The summed E-state index contributed by atoms with van der Waals surface area (Å²) in [5.41, 5.74) is 3.65. The van der Waals surface area contributed by atoms with Crippen molar-refractivity contribution in [2.24, 2.45) is 0 Å². The van der Waals surface area contributed by atoms with Gasteiger partial charge in [0.2, 0.25) is 0 Å². The maximum Gasteiger partial charge on any atom is 0.125 e. The molecule has 0 fully saturated rings. The summed E-state index contributed by atoms with van der Waals surface area (Å²) in [6.07, 6.45) is 0. The predicted molar refractivity (Wildman–Crippen MR) is 61.2 cm³/mol. The maximum atomic E-state index is 5.70. The van der Waals surface area contributed by atoms with Crippen molar-refractivity contribution in [1.29, 1.82) is 0 Å². The highest BCUT2D eigenvalue weighted by molar-refractivity contribution is 6.36. The lowest BCUT2D eigenvalue weighted by atomic mass is 10.1. The van der Waals surface area contributed by atoms with Crippen molar-refractivity contribution in [3.8, 4) is 5.75 Å². The highest BCUT2D eigenvalue weighted by Gasteiger charge is 1.98. The van der Waals surface area contributed by atoms with E-state index in [0.717, 1.165) is 5.75 Å². The van der Waals surface area contributed by atoms with E-state index in [1.807, 2.05) is 26.0 Å². The molecule has 1 nitrogen and oxygen atoms in total. The van der Waals surface area contributed by atoms with Gasteiger partial charge in [-0.05, 0) is 37.1 Å². The molecule has 0 unspecified atom stereocenters. The van der Waals surface area contributed by atoms with E-state index in [0.29, 0.717) is 11.6 Å². The molecule has 76 valence electrons. The highest BCUT2D eigenvalue weighted by Crippen LogP contribution is 2.17. The summed E-state index contributed by atoms with van der Waals surface area (Å²) in [4.78, 5) is 0. The minimum absolute atomic E-state index is 0.313. The molecule has 0 atom stereocenters. The zero-order valence-corrected chi connectivity index (χ0v) is 9.69. The van der Waals surface area contributed by atoms with Crippen LogP contribution in [0.25, 0.3) is 0 Å². The fourth-order valence-corrected chi connectivity index (χ4v) is 1.32. The van der Waals surface area contributed by atoms with Crippen LogP contribution in [0.2, 0.25) is 0 Å². The zero-order valence-electron chi connectivity index (χ0n) is 8.18. The van der Waals surface area contributed by atoms with Crippen LogP contribution in [0.5, 0.6) is 5.75 Å². The number of rotatable bonds is 3. The van der Waals surface area contributed by atoms with Gasteiger partial charge in [0.25, 0.3) is 0 Å². The second-order valence-electron chi connectivity index (χ2n) is 3.17. The average molecular weight is 231 g/mol. The Hall–Kier alpha value is -0.660. The van der Waals surface area contributed by atoms with E-state index in [-0.39, 0.29) is 0 Å². The number of halogens is 2. The van der Waals surface area contributed by atoms with Crippen LogP contribution in [-0.4, -0.2) is 6.61 Å². The monoisotopic (exact) mass is 230 g/mol. The Morgan fingerprint density at radius 2 is 1.86 bits per heavy atom. The first-order chi connectivity index (χ1) is 6.61. The normalized spacial score (nSPS) is 11.6. The highest BCUT2D eigenvalue weighted by atomic mass is 35.5. The number of hydrogen-bond acceptors (Lipinski definition) is 1.